The molecule has 0 radical (unpaired) electrons. The van der Waals surface area contributed by atoms with Gasteiger partial charge in [-0.3, -0.25) is 4.90 Å². The summed E-state index contributed by atoms with van der Waals surface area (Å²) in [6.45, 7) is 2.55. The van der Waals surface area contributed by atoms with Crippen LogP contribution in [0.25, 0.3) is 0 Å². The molecular weight excluding hydrogens is 294 g/mol. The van der Waals surface area contributed by atoms with Gasteiger partial charge in [-0.1, -0.05) is 12.1 Å². The molecule has 2 aromatic rings. The quantitative estimate of drug-likeness (QED) is 0.851. The number of ether oxygens (including phenoxy) is 1. The lowest BCUT2D eigenvalue weighted by atomic mass is 10.0. The first-order valence-electron chi connectivity index (χ1n) is 7.84. The van der Waals surface area contributed by atoms with Crippen LogP contribution in [0.15, 0.2) is 29.6 Å². The molecule has 3 nitrogen and oxygen atoms in total. The smallest absolute Gasteiger partial charge is 0.123 e. The van der Waals surface area contributed by atoms with E-state index in [4.69, 9.17) is 4.74 Å². The second-order valence-corrected chi connectivity index (χ2v) is 6.83. The highest BCUT2D eigenvalue weighted by Gasteiger charge is 2.17. The molecule has 0 atom stereocenters. The van der Waals surface area contributed by atoms with E-state index in [2.05, 4.69) is 34.5 Å². The first-order chi connectivity index (χ1) is 10.8. The lowest BCUT2D eigenvalue weighted by Crippen LogP contribution is -2.26. The van der Waals surface area contributed by atoms with Crippen LogP contribution in [0.3, 0.4) is 0 Å². The average molecular weight is 317 g/mol. The average Bonchev–Trinajstić information content (AvgIpc) is 3.17. The third kappa shape index (κ3) is 3.51. The van der Waals surface area contributed by atoms with E-state index in [0.717, 1.165) is 18.8 Å². The molecule has 3 rings (SSSR count). The number of aliphatic hydroxyl groups is 1. The summed E-state index contributed by atoms with van der Waals surface area (Å²) < 4.78 is 5.60. The topological polar surface area (TPSA) is 32.7 Å². The molecule has 0 saturated heterocycles. The van der Waals surface area contributed by atoms with Gasteiger partial charge >= 0.3 is 0 Å². The van der Waals surface area contributed by atoms with E-state index >= 15 is 0 Å². The maximum atomic E-state index is 9.36. The van der Waals surface area contributed by atoms with Gasteiger partial charge in [-0.05, 0) is 47.9 Å². The molecule has 0 spiro atoms. The minimum absolute atomic E-state index is 0.179. The lowest BCUT2D eigenvalue weighted by molar-refractivity contribution is 0.184. The molecule has 0 fully saturated rings. The molecule has 1 aliphatic carbocycles. The van der Waals surface area contributed by atoms with Crippen LogP contribution in [0.1, 0.15) is 28.0 Å². The van der Waals surface area contributed by atoms with Crippen molar-refractivity contribution in [1.82, 2.24) is 4.90 Å². The van der Waals surface area contributed by atoms with Gasteiger partial charge in [0.2, 0.25) is 0 Å². The number of aliphatic hydroxyl groups excluding tert-OH is 1. The number of thiophene rings is 1. The number of fused-ring (bicyclic) bond motifs is 1. The largest absolute Gasteiger partial charge is 0.496 e. The number of methoxy groups -OCH3 is 1. The van der Waals surface area contributed by atoms with E-state index < -0.39 is 0 Å². The highest BCUT2D eigenvalue weighted by Crippen LogP contribution is 2.31. The van der Waals surface area contributed by atoms with Gasteiger partial charge in [-0.15, -0.1) is 11.3 Å². The maximum Gasteiger partial charge on any atom is 0.123 e. The first-order valence-corrected chi connectivity index (χ1v) is 8.72. The second-order valence-electron chi connectivity index (χ2n) is 5.80. The molecular formula is C18H23NO2S. The number of rotatable bonds is 7. The van der Waals surface area contributed by atoms with Gasteiger partial charge in [-0.25, -0.2) is 0 Å². The molecule has 0 saturated carbocycles. The van der Waals surface area contributed by atoms with Crippen molar-refractivity contribution >= 4 is 11.3 Å². The SMILES string of the molecule is COc1cc2c(cc1CN(CCO)Cc1cccs1)CCC2. The van der Waals surface area contributed by atoms with Gasteiger partial charge in [0.05, 0.1) is 13.7 Å². The van der Waals surface area contributed by atoms with E-state index in [0.29, 0.717) is 6.54 Å². The van der Waals surface area contributed by atoms with Gasteiger partial charge in [0, 0.05) is 30.1 Å². The highest BCUT2D eigenvalue weighted by molar-refractivity contribution is 7.09. The summed E-state index contributed by atoms with van der Waals surface area (Å²) >= 11 is 1.76. The van der Waals surface area contributed by atoms with E-state index in [1.165, 1.54) is 40.8 Å². The van der Waals surface area contributed by atoms with Gasteiger partial charge in [0.15, 0.2) is 0 Å². The molecule has 0 bridgehead atoms. The minimum Gasteiger partial charge on any atom is -0.496 e. The summed E-state index contributed by atoms with van der Waals surface area (Å²) in [5.41, 5.74) is 4.14. The molecule has 0 unspecified atom stereocenters. The van der Waals surface area contributed by atoms with Gasteiger partial charge < -0.3 is 9.84 Å². The molecule has 118 valence electrons. The summed E-state index contributed by atoms with van der Waals surface area (Å²) in [5, 5.41) is 11.5. The fraction of sp³-hybridized carbons (Fsp3) is 0.444. The fourth-order valence-electron chi connectivity index (χ4n) is 3.19. The predicted molar refractivity (Wildman–Crippen MR) is 90.5 cm³/mol. The Balaban J connectivity index is 1.79. The van der Waals surface area contributed by atoms with Crippen molar-refractivity contribution in [2.24, 2.45) is 0 Å². The van der Waals surface area contributed by atoms with Crippen LogP contribution in [-0.2, 0) is 25.9 Å². The third-order valence-corrected chi connectivity index (χ3v) is 5.13. The van der Waals surface area contributed by atoms with Crippen LogP contribution < -0.4 is 4.74 Å². The Morgan fingerprint density at radius 3 is 2.73 bits per heavy atom. The molecule has 0 aliphatic heterocycles. The number of hydrogen-bond acceptors (Lipinski definition) is 4. The molecule has 1 heterocycles. The molecule has 22 heavy (non-hydrogen) atoms. The Kier molecular flexibility index (Phi) is 5.13. The summed E-state index contributed by atoms with van der Waals surface area (Å²) in [4.78, 5) is 3.61. The highest BCUT2D eigenvalue weighted by atomic mass is 32.1. The molecule has 1 aliphatic rings. The summed E-state index contributed by atoms with van der Waals surface area (Å²) in [7, 11) is 1.75. The standard InChI is InChI=1S/C18H23NO2S/c1-21-18-11-15-5-2-4-14(15)10-16(18)12-19(7-8-20)13-17-6-3-9-22-17/h3,6,9-11,20H,2,4-5,7-8,12-13H2,1H3. The van der Waals surface area contributed by atoms with E-state index in [9.17, 15) is 5.11 Å². The van der Waals surface area contributed by atoms with Crippen molar-refractivity contribution < 1.29 is 9.84 Å². The van der Waals surface area contributed by atoms with Crippen LogP contribution in [0.2, 0.25) is 0 Å². The first kappa shape index (κ1) is 15.5. The Morgan fingerprint density at radius 1 is 1.23 bits per heavy atom. The predicted octanol–water partition coefficient (Wildman–Crippen LogP) is 3.24. The Hall–Kier alpha value is -1.36. The normalized spacial score (nSPS) is 13.6. The third-order valence-electron chi connectivity index (χ3n) is 4.26. The molecule has 1 aromatic heterocycles. The van der Waals surface area contributed by atoms with E-state index in [1.807, 2.05) is 0 Å². The second kappa shape index (κ2) is 7.27. The van der Waals surface area contributed by atoms with Crippen molar-refractivity contribution in [2.75, 3.05) is 20.3 Å². The van der Waals surface area contributed by atoms with Crippen LogP contribution in [0.5, 0.6) is 5.75 Å². The summed E-state index contributed by atoms with van der Waals surface area (Å²) in [6.07, 6.45) is 3.59. The minimum atomic E-state index is 0.179. The van der Waals surface area contributed by atoms with Gasteiger partial charge in [0.1, 0.15) is 5.75 Å². The number of benzene rings is 1. The van der Waals surface area contributed by atoms with Crippen molar-refractivity contribution in [3.8, 4) is 5.75 Å². The Morgan fingerprint density at radius 2 is 2.05 bits per heavy atom. The fourth-order valence-corrected chi connectivity index (χ4v) is 3.93. The monoisotopic (exact) mass is 317 g/mol. The zero-order valence-corrected chi connectivity index (χ0v) is 13.9. The van der Waals surface area contributed by atoms with Crippen LogP contribution >= 0.6 is 11.3 Å². The van der Waals surface area contributed by atoms with Crippen LogP contribution in [0.4, 0.5) is 0 Å². The zero-order valence-electron chi connectivity index (χ0n) is 13.0. The molecule has 0 amide bonds. The Bertz CT molecular complexity index is 610. The maximum absolute atomic E-state index is 9.36. The molecule has 4 heteroatoms. The molecule has 1 aromatic carbocycles. The Labute approximate surface area is 136 Å². The summed E-state index contributed by atoms with van der Waals surface area (Å²) in [5.74, 6) is 0.981. The number of nitrogens with zero attached hydrogens (tertiary/aromatic N) is 1. The van der Waals surface area contributed by atoms with Gasteiger partial charge in [-0.2, -0.15) is 0 Å². The van der Waals surface area contributed by atoms with Crippen LogP contribution in [-0.4, -0.2) is 30.3 Å². The zero-order chi connectivity index (χ0) is 15.4. The van der Waals surface area contributed by atoms with Crippen molar-refractivity contribution in [1.29, 1.82) is 0 Å². The lowest BCUT2D eigenvalue weighted by Gasteiger charge is -2.22. The van der Waals surface area contributed by atoms with Crippen molar-refractivity contribution in [3.05, 3.63) is 51.2 Å². The number of aryl methyl sites for hydroxylation is 2. The van der Waals surface area contributed by atoms with Crippen LogP contribution in [0, 0.1) is 0 Å². The summed E-state index contributed by atoms with van der Waals surface area (Å²) in [6, 6.07) is 8.74. The van der Waals surface area contributed by atoms with E-state index in [1.54, 1.807) is 18.4 Å². The van der Waals surface area contributed by atoms with Gasteiger partial charge in [0.25, 0.3) is 0 Å². The van der Waals surface area contributed by atoms with Crippen molar-refractivity contribution in [2.45, 2.75) is 32.4 Å². The number of hydrogen-bond donors (Lipinski definition) is 1. The molecule has 1 N–H and O–H groups in total. The van der Waals surface area contributed by atoms with E-state index in [-0.39, 0.29) is 6.61 Å². The van der Waals surface area contributed by atoms with Crippen molar-refractivity contribution in [3.63, 3.8) is 0 Å².